The first-order valence-electron chi connectivity index (χ1n) is 8.48. The molecule has 1 heterocycles. The Labute approximate surface area is 153 Å². The molecule has 1 aliphatic heterocycles. The number of sulfonamides is 1. The molecule has 1 saturated heterocycles. The summed E-state index contributed by atoms with van der Waals surface area (Å²) in [5, 5.41) is 4.93. The molecule has 8 nitrogen and oxygen atoms in total. The van der Waals surface area contributed by atoms with Crippen molar-refractivity contribution in [1.29, 1.82) is 0 Å². The van der Waals surface area contributed by atoms with Gasteiger partial charge in [0, 0.05) is 13.1 Å². The molecule has 1 aliphatic rings. The lowest BCUT2D eigenvalue weighted by atomic mass is 10.2. The van der Waals surface area contributed by atoms with Gasteiger partial charge in [-0.15, -0.1) is 0 Å². The molecule has 0 saturated carbocycles. The number of rotatable bonds is 6. The Balaban J connectivity index is 1.98. The Hall–Kier alpha value is -1.97. The third-order valence-electron chi connectivity index (χ3n) is 3.89. The maximum Gasteiger partial charge on any atom is 0.309 e. The summed E-state index contributed by atoms with van der Waals surface area (Å²) in [4.78, 5) is 23.7. The van der Waals surface area contributed by atoms with Gasteiger partial charge >= 0.3 is 11.8 Å². The normalized spacial score (nSPS) is 18.1. The van der Waals surface area contributed by atoms with Gasteiger partial charge in [-0.2, -0.15) is 4.31 Å². The van der Waals surface area contributed by atoms with Crippen molar-refractivity contribution in [3.63, 3.8) is 0 Å². The minimum Gasteiger partial charge on any atom is -0.359 e. The Morgan fingerprint density at radius 3 is 2.42 bits per heavy atom. The van der Waals surface area contributed by atoms with E-state index in [-0.39, 0.29) is 30.5 Å². The van der Waals surface area contributed by atoms with Crippen LogP contribution in [0.2, 0.25) is 0 Å². The van der Waals surface area contributed by atoms with E-state index in [1.54, 1.807) is 12.1 Å². The van der Waals surface area contributed by atoms with Crippen molar-refractivity contribution < 1.29 is 22.7 Å². The number of nitrogens with zero attached hydrogens (tertiary/aromatic N) is 1. The minimum atomic E-state index is -3.74. The number of hydrogen-bond acceptors (Lipinski definition) is 5. The topological polar surface area (TPSA) is 105 Å². The number of carbonyl (C=O) groups is 2. The van der Waals surface area contributed by atoms with E-state index >= 15 is 0 Å². The summed E-state index contributed by atoms with van der Waals surface area (Å²) >= 11 is 0. The van der Waals surface area contributed by atoms with Crippen LogP contribution in [0, 0.1) is 12.8 Å². The third-order valence-corrected chi connectivity index (χ3v) is 5.79. The fourth-order valence-electron chi connectivity index (χ4n) is 2.42. The van der Waals surface area contributed by atoms with Gasteiger partial charge < -0.3 is 15.4 Å². The largest absolute Gasteiger partial charge is 0.359 e. The molecule has 1 atom stereocenters. The van der Waals surface area contributed by atoms with Gasteiger partial charge in [-0.25, -0.2) is 8.42 Å². The van der Waals surface area contributed by atoms with E-state index in [0.717, 1.165) is 5.56 Å². The highest BCUT2D eigenvalue weighted by molar-refractivity contribution is 7.89. The molecule has 2 amide bonds. The molecule has 1 aromatic rings. The Morgan fingerprint density at radius 1 is 1.19 bits per heavy atom. The second kappa shape index (κ2) is 8.61. The van der Waals surface area contributed by atoms with Crippen LogP contribution in [-0.4, -0.2) is 57.0 Å². The number of carbonyl (C=O) groups excluding carboxylic acids is 2. The Kier molecular flexibility index (Phi) is 6.74. The lowest BCUT2D eigenvalue weighted by Gasteiger charge is -2.23. The summed E-state index contributed by atoms with van der Waals surface area (Å²) in [5.41, 5.74) is 0.956. The summed E-state index contributed by atoms with van der Waals surface area (Å²) in [6.07, 6.45) is -0.844. The van der Waals surface area contributed by atoms with Gasteiger partial charge in [0.1, 0.15) is 6.23 Å². The van der Waals surface area contributed by atoms with Crippen molar-refractivity contribution in [3.8, 4) is 0 Å². The van der Waals surface area contributed by atoms with E-state index in [9.17, 15) is 18.0 Å². The van der Waals surface area contributed by atoms with Crippen LogP contribution in [0.3, 0.4) is 0 Å². The van der Waals surface area contributed by atoms with Crippen LogP contribution >= 0.6 is 0 Å². The molecule has 0 spiro atoms. The highest BCUT2D eigenvalue weighted by Gasteiger charge is 2.36. The van der Waals surface area contributed by atoms with Crippen LogP contribution in [0.25, 0.3) is 0 Å². The SMILES string of the molecule is Cc1ccc(S(=O)(=O)N2CCO[C@@H]2CNC(=O)C(=O)NCC(C)C)cc1. The van der Waals surface area contributed by atoms with E-state index in [2.05, 4.69) is 10.6 Å². The molecule has 1 aromatic carbocycles. The number of aryl methyl sites for hydroxylation is 1. The van der Waals surface area contributed by atoms with Crippen LogP contribution in [0.5, 0.6) is 0 Å². The smallest absolute Gasteiger partial charge is 0.309 e. The highest BCUT2D eigenvalue weighted by Crippen LogP contribution is 2.22. The quantitative estimate of drug-likeness (QED) is 0.684. The molecule has 1 fully saturated rings. The standard InChI is InChI=1S/C17H25N3O5S/c1-12(2)10-18-16(21)17(22)19-11-15-20(8-9-25-15)26(23,24)14-6-4-13(3)5-7-14/h4-7,12,15H,8-11H2,1-3H3,(H,18,21)(H,19,22)/t15-/m1/s1. The first-order chi connectivity index (χ1) is 12.2. The first-order valence-corrected chi connectivity index (χ1v) is 9.92. The maximum absolute atomic E-state index is 12.8. The molecule has 2 N–H and O–H groups in total. The predicted octanol–water partition coefficient (Wildman–Crippen LogP) is 0.230. The summed E-state index contributed by atoms with van der Waals surface area (Å²) < 4.78 is 32.2. The van der Waals surface area contributed by atoms with Gasteiger partial charge in [0.15, 0.2) is 0 Å². The zero-order valence-electron chi connectivity index (χ0n) is 15.2. The lowest BCUT2D eigenvalue weighted by molar-refractivity contribution is -0.139. The van der Waals surface area contributed by atoms with Crippen LogP contribution < -0.4 is 10.6 Å². The number of benzene rings is 1. The zero-order valence-corrected chi connectivity index (χ0v) is 16.0. The molecule has 144 valence electrons. The Bertz CT molecular complexity index is 746. The average Bonchev–Trinajstić information content (AvgIpc) is 3.07. The van der Waals surface area contributed by atoms with Gasteiger partial charge in [0.25, 0.3) is 0 Å². The van der Waals surface area contributed by atoms with Crippen LogP contribution in [0.1, 0.15) is 19.4 Å². The van der Waals surface area contributed by atoms with E-state index < -0.39 is 28.1 Å². The molecular formula is C17H25N3O5S. The van der Waals surface area contributed by atoms with E-state index in [0.29, 0.717) is 6.54 Å². The van der Waals surface area contributed by atoms with Crippen molar-refractivity contribution in [3.05, 3.63) is 29.8 Å². The number of nitrogens with one attached hydrogen (secondary N) is 2. The first kappa shape index (κ1) is 20.3. The monoisotopic (exact) mass is 383 g/mol. The lowest BCUT2D eigenvalue weighted by Crippen LogP contribution is -2.47. The molecule has 0 aromatic heterocycles. The van der Waals surface area contributed by atoms with Gasteiger partial charge in [-0.1, -0.05) is 31.5 Å². The molecule has 2 rings (SSSR count). The minimum absolute atomic E-state index is 0.0982. The molecule has 0 aliphatic carbocycles. The maximum atomic E-state index is 12.8. The van der Waals surface area contributed by atoms with Crippen LogP contribution in [-0.2, 0) is 24.3 Å². The van der Waals surface area contributed by atoms with Gasteiger partial charge in [-0.3, -0.25) is 9.59 Å². The van der Waals surface area contributed by atoms with Crippen LogP contribution in [0.4, 0.5) is 0 Å². The predicted molar refractivity (Wildman–Crippen MR) is 95.7 cm³/mol. The van der Waals surface area contributed by atoms with Crippen LogP contribution in [0.15, 0.2) is 29.2 Å². The summed E-state index contributed by atoms with van der Waals surface area (Å²) in [6.45, 7) is 6.41. The summed E-state index contributed by atoms with van der Waals surface area (Å²) in [5.74, 6) is -1.33. The number of ether oxygens (including phenoxy) is 1. The summed E-state index contributed by atoms with van der Waals surface area (Å²) in [7, 11) is -3.74. The molecule has 9 heteroatoms. The molecule has 0 radical (unpaired) electrons. The van der Waals surface area contributed by atoms with E-state index in [4.69, 9.17) is 4.74 Å². The van der Waals surface area contributed by atoms with Gasteiger partial charge in [0.2, 0.25) is 10.0 Å². The highest BCUT2D eigenvalue weighted by atomic mass is 32.2. The molecule has 0 bridgehead atoms. The molecule has 0 unspecified atom stereocenters. The second-order valence-electron chi connectivity index (χ2n) is 6.57. The summed E-state index contributed by atoms with van der Waals surface area (Å²) in [6, 6.07) is 6.52. The fraction of sp³-hybridized carbons (Fsp3) is 0.529. The third kappa shape index (κ3) is 5.03. The van der Waals surface area contributed by atoms with Crippen molar-refractivity contribution in [2.45, 2.75) is 31.9 Å². The zero-order chi connectivity index (χ0) is 19.3. The van der Waals surface area contributed by atoms with E-state index in [1.165, 1.54) is 16.4 Å². The fourth-order valence-corrected chi connectivity index (χ4v) is 3.94. The van der Waals surface area contributed by atoms with E-state index in [1.807, 2.05) is 20.8 Å². The number of hydrogen-bond donors (Lipinski definition) is 2. The van der Waals surface area contributed by atoms with Crippen molar-refractivity contribution in [2.24, 2.45) is 5.92 Å². The molecular weight excluding hydrogens is 358 g/mol. The Morgan fingerprint density at radius 2 is 1.81 bits per heavy atom. The molecule has 26 heavy (non-hydrogen) atoms. The van der Waals surface area contributed by atoms with Gasteiger partial charge in [0.05, 0.1) is 18.0 Å². The van der Waals surface area contributed by atoms with Crippen molar-refractivity contribution in [2.75, 3.05) is 26.2 Å². The second-order valence-corrected chi connectivity index (χ2v) is 8.46. The van der Waals surface area contributed by atoms with Crippen molar-refractivity contribution >= 4 is 21.8 Å². The average molecular weight is 383 g/mol. The van der Waals surface area contributed by atoms with Crippen molar-refractivity contribution in [1.82, 2.24) is 14.9 Å². The van der Waals surface area contributed by atoms with Gasteiger partial charge in [-0.05, 0) is 25.0 Å². The number of amides is 2.